The van der Waals surface area contributed by atoms with Crippen molar-refractivity contribution in [3.05, 3.63) is 12.2 Å². The Labute approximate surface area is 75.0 Å². The van der Waals surface area contributed by atoms with Crippen LogP contribution in [0, 0.1) is 0 Å². The van der Waals surface area contributed by atoms with Gasteiger partial charge in [-0.1, -0.05) is 19.1 Å². The standard InChI is InChI=1S/C10H19NO/c1-3-5-6-7-8-9-10(12)11-4-2/h5-6H,3-4,7-9H2,1-2H3,(H,11,12)/b6-5-. The predicted molar refractivity (Wildman–Crippen MR) is 52.0 cm³/mol. The number of allylic oxidation sites excluding steroid dienone is 2. The van der Waals surface area contributed by atoms with Gasteiger partial charge in [0.2, 0.25) is 5.91 Å². The Morgan fingerprint density at radius 2 is 2.08 bits per heavy atom. The summed E-state index contributed by atoms with van der Waals surface area (Å²) < 4.78 is 0. The SMILES string of the molecule is CC/C=C\CCCC(=O)NCC. The van der Waals surface area contributed by atoms with E-state index < -0.39 is 0 Å². The van der Waals surface area contributed by atoms with Gasteiger partial charge >= 0.3 is 0 Å². The van der Waals surface area contributed by atoms with E-state index in [-0.39, 0.29) is 5.91 Å². The fourth-order valence-corrected chi connectivity index (χ4v) is 0.951. The highest BCUT2D eigenvalue weighted by atomic mass is 16.1. The smallest absolute Gasteiger partial charge is 0.219 e. The Bertz CT molecular complexity index is 141. The molecule has 1 amide bonds. The van der Waals surface area contributed by atoms with Crippen LogP contribution in [0.4, 0.5) is 0 Å². The van der Waals surface area contributed by atoms with Gasteiger partial charge in [-0.25, -0.2) is 0 Å². The van der Waals surface area contributed by atoms with E-state index in [1.165, 1.54) is 0 Å². The van der Waals surface area contributed by atoms with Gasteiger partial charge in [0.25, 0.3) is 0 Å². The number of hydrogen-bond donors (Lipinski definition) is 1. The summed E-state index contributed by atoms with van der Waals surface area (Å²) in [5, 5.41) is 2.77. The minimum atomic E-state index is 0.169. The van der Waals surface area contributed by atoms with Crippen LogP contribution < -0.4 is 5.32 Å². The lowest BCUT2D eigenvalue weighted by Crippen LogP contribution is -2.21. The lowest BCUT2D eigenvalue weighted by atomic mass is 10.2. The van der Waals surface area contributed by atoms with Crippen LogP contribution in [0.5, 0.6) is 0 Å². The molecule has 2 heteroatoms. The van der Waals surface area contributed by atoms with Gasteiger partial charge in [0.15, 0.2) is 0 Å². The highest BCUT2D eigenvalue weighted by Gasteiger charge is 1.95. The van der Waals surface area contributed by atoms with Crippen molar-refractivity contribution >= 4 is 5.91 Å². The Balaban J connectivity index is 3.19. The van der Waals surface area contributed by atoms with Crippen molar-refractivity contribution in [3.63, 3.8) is 0 Å². The zero-order chi connectivity index (χ0) is 9.23. The third kappa shape index (κ3) is 7.32. The molecule has 0 aliphatic rings. The van der Waals surface area contributed by atoms with Gasteiger partial charge in [-0.2, -0.15) is 0 Å². The van der Waals surface area contributed by atoms with E-state index in [1.54, 1.807) is 0 Å². The number of rotatable bonds is 6. The highest BCUT2D eigenvalue weighted by molar-refractivity contribution is 5.75. The van der Waals surface area contributed by atoms with Crippen molar-refractivity contribution in [1.82, 2.24) is 5.32 Å². The van der Waals surface area contributed by atoms with Crippen LogP contribution in [0.15, 0.2) is 12.2 Å². The topological polar surface area (TPSA) is 29.1 Å². The molecule has 0 aliphatic carbocycles. The number of unbranched alkanes of at least 4 members (excludes halogenated alkanes) is 1. The molecule has 0 spiro atoms. The predicted octanol–water partition coefficient (Wildman–Crippen LogP) is 2.26. The minimum absolute atomic E-state index is 0.169. The molecule has 0 bridgehead atoms. The second-order valence-corrected chi connectivity index (χ2v) is 2.73. The Morgan fingerprint density at radius 1 is 1.33 bits per heavy atom. The van der Waals surface area contributed by atoms with Gasteiger partial charge in [-0.05, 0) is 26.2 Å². The Kier molecular flexibility index (Phi) is 7.76. The van der Waals surface area contributed by atoms with Crippen LogP contribution >= 0.6 is 0 Å². The van der Waals surface area contributed by atoms with Crippen LogP contribution in [0.1, 0.15) is 39.5 Å². The normalized spacial score (nSPS) is 10.5. The molecule has 0 atom stereocenters. The van der Waals surface area contributed by atoms with E-state index >= 15 is 0 Å². The second-order valence-electron chi connectivity index (χ2n) is 2.73. The quantitative estimate of drug-likeness (QED) is 0.479. The van der Waals surface area contributed by atoms with Crippen LogP contribution in [-0.4, -0.2) is 12.5 Å². The first-order chi connectivity index (χ1) is 5.81. The highest BCUT2D eigenvalue weighted by Crippen LogP contribution is 1.97. The summed E-state index contributed by atoms with van der Waals surface area (Å²) in [7, 11) is 0. The summed E-state index contributed by atoms with van der Waals surface area (Å²) in [5.41, 5.74) is 0. The van der Waals surface area contributed by atoms with Crippen molar-refractivity contribution < 1.29 is 4.79 Å². The number of nitrogens with one attached hydrogen (secondary N) is 1. The van der Waals surface area contributed by atoms with Gasteiger partial charge in [0.05, 0.1) is 0 Å². The molecule has 0 saturated carbocycles. The molecule has 0 aromatic rings. The summed E-state index contributed by atoms with van der Waals surface area (Å²) in [6.07, 6.45) is 7.99. The number of carbonyl (C=O) groups excluding carboxylic acids is 1. The van der Waals surface area contributed by atoms with E-state index in [0.717, 1.165) is 25.8 Å². The maximum absolute atomic E-state index is 10.9. The molecule has 0 radical (unpaired) electrons. The Hall–Kier alpha value is -0.790. The number of carbonyl (C=O) groups is 1. The lowest BCUT2D eigenvalue weighted by molar-refractivity contribution is -0.121. The van der Waals surface area contributed by atoms with Gasteiger partial charge in [-0.15, -0.1) is 0 Å². The maximum atomic E-state index is 10.9. The third-order valence-electron chi connectivity index (χ3n) is 1.55. The molecular weight excluding hydrogens is 150 g/mol. The molecule has 0 aromatic heterocycles. The fraction of sp³-hybridized carbons (Fsp3) is 0.700. The first-order valence-corrected chi connectivity index (χ1v) is 4.73. The second kappa shape index (κ2) is 8.31. The van der Waals surface area contributed by atoms with Crippen LogP contribution in [-0.2, 0) is 4.79 Å². The molecular formula is C10H19NO. The average Bonchev–Trinajstić information content (AvgIpc) is 2.05. The third-order valence-corrected chi connectivity index (χ3v) is 1.55. The molecule has 70 valence electrons. The van der Waals surface area contributed by atoms with E-state index in [0.29, 0.717) is 6.42 Å². The van der Waals surface area contributed by atoms with Crippen molar-refractivity contribution in [2.75, 3.05) is 6.54 Å². The largest absolute Gasteiger partial charge is 0.356 e. The van der Waals surface area contributed by atoms with E-state index in [2.05, 4.69) is 24.4 Å². The zero-order valence-corrected chi connectivity index (χ0v) is 8.10. The van der Waals surface area contributed by atoms with Gasteiger partial charge < -0.3 is 5.32 Å². The summed E-state index contributed by atoms with van der Waals surface area (Å²) in [5.74, 6) is 0.169. The van der Waals surface area contributed by atoms with Gasteiger partial charge in [0.1, 0.15) is 0 Å². The van der Waals surface area contributed by atoms with Crippen LogP contribution in [0.3, 0.4) is 0 Å². The lowest BCUT2D eigenvalue weighted by Gasteiger charge is -1.99. The maximum Gasteiger partial charge on any atom is 0.219 e. The molecule has 2 nitrogen and oxygen atoms in total. The number of amides is 1. The molecule has 0 saturated heterocycles. The minimum Gasteiger partial charge on any atom is -0.356 e. The summed E-state index contributed by atoms with van der Waals surface area (Å²) in [6.45, 7) is 4.79. The van der Waals surface area contributed by atoms with E-state index in [4.69, 9.17) is 0 Å². The molecule has 0 rings (SSSR count). The van der Waals surface area contributed by atoms with Crippen molar-refractivity contribution in [3.8, 4) is 0 Å². The van der Waals surface area contributed by atoms with Crippen LogP contribution in [0.2, 0.25) is 0 Å². The van der Waals surface area contributed by atoms with Crippen molar-refractivity contribution in [2.45, 2.75) is 39.5 Å². The van der Waals surface area contributed by atoms with Crippen molar-refractivity contribution in [1.29, 1.82) is 0 Å². The molecule has 0 aliphatic heterocycles. The molecule has 0 unspecified atom stereocenters. The number of hydrogen-bond acceptors (Lipinski definition) is 1. The average molecular weight is 169 g/mol. The molecule has 0 fully saturated rings. The molecule has 0 aromatic carbocycles. The van der Waals surface area contributed by atoms with Gasteiger partial charge in [0, 0.05) is 13.0 Å². The van der Waals surface area contributed by atoms with Crippen LogP contribution in [0.25, 0.3) is 0 Å². The molecule has 0 heterocycles. The fourth-order valence-electron chi connectivity index (χ4n) is 0.951. The summed E-state index contributed by atoms with van der Waals surface area (Å²) in [6, 6.07) is 0. The Morgan fingerprint density at radius 3 is 2.67 bits per heavy atom. The molecule has 1 N–H and O–H groups in total. The first-order valence-electron chi connectivity index (χ1n) is 4.73. The summed E-state index contributed by atoms with van der Waals surface area (Å²) in [4.78, 5) is 10.9. The van der Waals surface area contributed by atoms with E-state index in [9.17, 15) is 4.79 Å². The summed E-state index contributed by atoms with van der Waals surface area (Å²) >= 11 is 0. The monoisotopic (exact) mass is 169 g/mol. The zero-order valence-electron chi connectivity index (χ0n) is 8.10. The van der Waals surface area contributed by atoms with Crippen molar-refractivity contribution in [2.24, 2.45) is 0 Å². The van der Waals surface area contributed by atoms with Gasteiger partial charge in [-0.3, -0.25) is 4.79 Å². The first kappa shape index (κ1) is 11.2. The van der Waals surface area contributed by atoms with E-state index in [1.807, 2.05) is 6.92 Å². The molecule has 12 heavy (non-hydrogen) atoms.